The lowest BCUT2D eigenvalue weighted by Gasteiger charge is -2.67. The van der Waals surface area contributed by atoms with E-state index in [1.54, 1.807) is 0 Å². The Hall–Kier alpha value is -1.53. The van der Waals surface area contributed by atoms with E-state index in [0.717, 1.165) is 54.7 Å². The fourth-order valence-electron chi connectivity index (χ4n) is 7.46. The van der Waals surface area contributed by atoms with Crippen LogP contribution in [0.4, 0.5) is 0 Å². The molecule has 194 valence electrons. The molecule has 5 atom stereocenters. The molecule has 0 aromatic heterocycles. The number of aliphatic hydroxyl groups is 1. The summed E-state index contributed by atoms with van der Waals surface area (Å²) in [5.41, 5.74) is 2.20. The second-order valence-corrected chi connectivity index (χ2v) is 19.0. The number of carbonyl (C=O) groups is 1. The molecule has 0 saturated heterocycles. The lowest BCUT2D eigenvalue weighted by Crippen LogP contribution is -2.70. The zero-order valence-corrected chi connectivity index (χ0v) is 24.2. The normalized spacial score (nSPS) is 35.7. The van der Waals surface area contributed by atoms with Crippen LogP contribution in [0.3, 0.4) is 0 Å². The van der Waals surface area contributed by atoms with E-state index in [1.165, 1.54) is 0 Å². The SMILES string of the molecule is C[C@H]1CC[C@H]2C(C)(C)[C@H](O)CC[C@]23Oc2c(c(O[Si](C)(C)C(C)(C)C)cc4c2CNC4=O)C[C@]13C. The molecule has 5 rings (SSSR count). The van der Waals surface area contributed by atoms with Gasteiger partial charge in [0.1, 0.15) is 17.1 Å². The molecule has 4 aliphatic rings. The molecule has 2 heterocycles. The number of fused-ring (bicyclic) bond motifs is 3. The second kappa shape index (κ2) is 7.50. The molecule has 0 radical (unpaired) electrons. The zero-order valence-electron chi connectivity index (χ0n) is 23.2. The van der Waals surface area contributed by atoms with Crippen molar-refractivity contribution >= 4 is 14.2 Å². The summed E-state index contributed by atoms with van der Waals surface area (Å²) in [6, 6.07) is 2.00. The first-order chi connectivity index (χ1) is 16.1. The van der Waals surface area contributed by atoms with Crippen LogP contribution in [0.5, 0.6) is 11.5 Å². The first-order valence-corrected chi connectivity index (χ1v) is 16.5. The van der Waals surface area contributed by atoms with Gasteiger partial charge in [-0.25, -0.2) is 0 Å². The number of carbonyl (C=O) groups excluding carboxylic acids is 1. The third-order valence-corrected chi connectivity index (χ3v) is 15.5. The van der Waals surface area contributed by atoms with Crippen LogP contribution in [0.2, 0.25) is 18.1 Å². The predicted octanol–water partition coefficient (Wildman–Crippen LogP) is 6.22. The summed E-state index contributed by atoms with van der Waals surface area (Å²) in [5, 5.41) is 14.1. The minimum Gasteiger partial charge on any atom is -0.543 e. The smallest absolute Gasteiger partial charge is 0.252 e. The number of rotatable bonds is 2. The van der Waals surface area contributed by atoms with Crippen molar-refractivity contribution in [1.29, 1.82) is 0 Å². The number of benzene rings is 1. The average Bonchev–Trinajstić information content (AvgIpc) is 3.11. The Morgan fingerprint density at radius 2 is 1.83 bits per heavy atom. The molecule has 5 nitrogen and oxygen atoms in total. The van der Waals surface area contributed by atoms with E-state index >= 15 is 0 Å². The van der Waals surface area contributed by atoms with Gasteiger partial charge in [0.15, 0.2) is 0 Å². The summed E-state index contributed by atoms with van der Waals surface area (Å²) < 4.78 is 14.3. The maximum atomic E-state index is 12.8. The maximum Gasteiger partial charge on any atom is 0.252 e. The molecule has 6 heteroatoms. The molecular weight excluding hydrogens is 454 g/mol. The van der Waals surface area contributed by atoms with Gasteiger partial charge in [-0.3, -0.25) is 4.79 Å². The molecule has 2 fully saturated rings. The molecule has 1 aromatic rings. The highest BCUT2D eigenvalue weighted by molar-refractivity contribution is 6.74. The van der Waals surface area contributed by atoms with Gasteiger partial charge < -0.3 is 19.6 Å². The van der Waals surface area contributed by atoms with Crippen molar-refractivity contribution in [1.82, 2.24) is 5.32 Å². The molecule has 2 aliphatic heterocycles. The van der Waals surface area contributed by atoms with E-state index in [9.17, 15) is 9.90 Å². The highest BCUT2D eigenvalue weighted by atomic mass is 28.4. The van der Waals surface area contributed by atoms with Crippen LogP contribution in [0, 0.1) is 22.7 Å². The molecule has 0 unspecified atom stereocenters. The summed E-state index contributed by atoms with van der Waals surface area (Å²) in [6.45, 7) is 21.1. The van der Waals surface area contributed by atoms with Crippen molar-refractivity contribution in [2.75, 3.05) is 0 Å². The number of hydrogen-bond donors (Lipinski definition) is 2. The first kappa shape index (κ1) is 25.1. The number of ether oxygens (including phenoxy) is 1. The third-order valence-electron chi connectivity index (χ3n) is 11.2. The molecule has 1 amide bonds. The Morgan fingerprint density at radius 3 is 2.49 bits per heavy atom. The fraction of sp³-hybridized carbons (Fsp3) is 0.759. The standard InChI is InChI=1S/C29H45NO4Si/c1-17-10-11-22-27(5,6)23(31)12-13-29(22)28(17,7)15-19-21(34-35(8,9)26(2,3)4)14-18-20(24(19)33-29)16-30-25(18)32/h14,17,22-23,31H,10-13,15-16H2,1-9H3,(H,30,32)/t17-,22-,23+,28+,29-/m0/s1. The van der Waals surface area contributed by atoms with E-state index in [0.29, 0.717) is 18.0 Å². The topological polar surface area (TPSA) is 67.8 Å². The van der Waals surface area contributed by atoms with E-state index in [4.69, 9.17) is 9.16 Å². The lowest BCUT2D eigenvalue weighted by atomic mass is 9.43. The van der Waals surface area contributed by atoms with Gasteiger partial charge in [0.05, 0.1) is 11.7 Å². The van der Waals surface area contributed by atoms with Crippen molar-refractivity contribution in [3.8, 4) is 11.5 Å². The van der Waals surface area contributed by atoms with Gasteiger partial charge in [-0.1, -0.05) is 48.5 Å². The molecule has 2 aliphatic carbocycles. The van der Waals surface area contributed by atoms with Crippen LogP contribution in [-0.2, 0) is 13.0 Å². The Bertz CT molecular complexity index is 1070. The molecule has 2 saturated carbocycles. The van der Waals surface area contributed by atoms with Crippen molar-refractivity contribution in [2.24, 2.45) is 22.7 Å². The Morgan fingerprint density at radius 1 is 1.14 bits per heavy atom. The highest BCUT2D eigenvalue weighted by Gasteiger charge is 2.68. The molecule has 35 heavy (non-hydrogen) atoms. The molecule has 0 bridgehead atoms. The Balaban J connectivity index is 1.71. The fourth-order valence-corrected chi connectivity index (χ4v) is 8.49. The number of aliphatic hydroxyl groups excluding tert-OH is 1. The van der Waals surface area contributed by atoms with Crippen LogP contribution in [-0.4, -0.2) is 31.0 Å². The third kappa shape index (κ3) is 3.31. The second-order valence-electron chi connectivity index (χ2n) is 14.2. The van der Waals surface area contributed by atoms with Crippen LogP contribution < -0.4 is 14.5 Å². The van der Waals surface area contributed by atoms with Gasteiger partial charge in [-0.2, -0.15) is 0 Å². The van der Waals surface area contributed by atoms with Gasteiger partial charge in [0.25, 0.3) is 5.91 Å². The highest BCUT2D eigenvalue weighted by Crippen LogP contribution is 2.67. The Kier molecular flexibility index (Phi) is 5.39. The van der Waals surface area contributed by atoms with E-state index in [-0.39, 0.29) is 39.4 Å². The van der Waals surface area contributed by atoms with Crippen molar-refractivity contribution in [3.05, 3.63) is 22.8 Å². The summed E-state index contributed by atoms with van der Waals surface area (Å²) >= 11 is 0. The van der Waals surface area contributed by atoms with Gasteiger partial charge in [-0.15, -0.1) is 0 Å². The molecule has 1 spiro atoms. The van der Waals surface area contributed by atoms with Crippen LogP contribution in [0.15, 0.2) is 6.07 Å². The van der Waals surface area contributed by atoms with Crippen LogP contribution in [0.1, 0.15) is 95.6 Å². The zero-order chi connectivity index (χ0) is 25.8. The maximum absolute atomic E-state index is 12.8. The number of nitrogens with one attached hydrogen (secondary N) is 1. The summed E-state index contributed by atoms with van der Waals surface area (Å²) in [7, 11) is -2.13. The minimum atomic E-state index is -2.13. The molecular formula is C29H45NO4Si. The van der Waals surface area contributed by atoms with Crippen molar-refractivity contribution in [2.45, 2.75) is 117 Å². The monoisotopic (exact) mass is 499 g/mol. The minimum absolute atomic E-state index is 0.0368. The van der Waals surface area contributed by atoms with Gasteiger partial charge in [-0.05, 0) is 67.6 Å². The van der Waals surface area contributed by atoms with Crippen molar-refractivity contribution in [3.63, 3.8) is 0 Å². The molecule has 2 N–H and O–H groups in total. The van der Waals surface area contributed by atoms with E-state index in [1.807, 2.05) is 6.07 Å². The van der Waals surface area contributed by atoms with Gasteiger partial charge in [0.2, 0.25) is 8.32 Å². The van der Waals surface area contributed by atoms with Gasteiger partial charge >= 0.3 is 0 Å². The van der Waals surface area contributed by atoms with Gasteiger partial charge in [0, 0.05) is 29.0 Å². The number of amides is 1. The summed E-state index contributed by atoms with van der Waals surface area (Å²) in [4.78, 5) is 12.8. The summed E-state index contributed by atoms with van der Waals surface area (Å²) in [5.74, 6) is 2.46. The van der Waals surface area contributed by atoms with Crippen molar-refractivity contribution < 1.29 is 19.1 Å². The lowest BCUT2D eigenvalue weighted by molar-refractivity contribution is -0.233. The van der Waals surface area contributed by atoms with E-state index < -0.39 is 8.32 Å². The van der Waals surface area contributed by atoms with E-state index in [2.05, 4.69) is 66.9 Å². The average molecular weight is 500 g/mol. The van der Waals surface area contributed by atoms with Crippen LogP contribution >= 0.6 is 0 Å². The predicted molar refractivity (Wildman–Crippen MR) is 142 cm³/mol. The first-order valence-electron chi connectivity index (χ1n) is 13.6. The van der Waals surface area contributed by atoms with Crippen LogP contribution in [0.25, 0.3) is 0 Å². The summed E-state index contributed by atoms with van der Waals surface area (Å²) in [6.07, 6.45) is 4.38. The Labute approximate surface area is 212 Å². The number of hydrogen-bond acceptors (Lipinski definition) is 4. The molecule has 1 aromatic carbocycles. The largest absolute Gasteiger partial charge is 0.543 e. The quantitative estimate of drug-likeness (QED) is 0.474.